The zero-order valence-corrected chi connectivity index (χ0v) is 12.6. The van der Waals surface area contributed by atoms with E-state index in [2.05, 4.69) is 10.6 Å². The van der Waals surface area contributed by atoms with E-state index in [1.165, 1.54) is 36.4 Å². The minimum Gasteiger partial charge on any atom is -0.507 e. The molecule has 0 aliphatic heterocycles. The number of nitrogens with zero attached hydrogens (tertiary/aromatic N) is 1. The number of nitro groups is 1. The lowest BCUT2D eigenvalue weighted by Gasteiger charge is -2.08. The van der Waals surface area contributed by atoms with Gasteiger partial charge >= 0.3 is 0 Å². The van der Waals surface area contributed by atoms with Crippen molar-refractivity contribution in [3.63, 3.8) is 0 Å². The third kappa shape index (κ3) is 4.29. The highest BCUT2D eigenvalue weighted by Gasteiger charge is 2.11. The lowest BCUT2D eigenvalue weighted by atomic mass is 10.2. The van der Waals surface area contributed by atoms with Crippen molar-refractivity contribution in [1.29, 1.82) is 0 Å². The van der Waals surface area contributed by atoms with Gasteiger partial charge in [0.25, 0.3) is 17.5 Å². The largest absolute Gasteiger partial charge is 0.507 e. The molecule has 0 saturated heterocycles. The fourth-order valence-corrected chi connectivity index (χ4v) is 1.95. The summed E-state index contributed by atoms with van der Waals surface area (Å²) in [6.07, 6.45) is 0. The molecule has 2 aromatic carbocycles. The van der Waals surface area contributed by atoms with Gasteiger partial charge in [0, 0.05) is 30.8 Å². The van der Waals surface area contributed by atoms with Crippen LogP contribution < -0.4 is 10.6 Å². The lowest BCUT2D eigenvalue weighted by molar-refractivity contribution is -0.384. The van der Waals surface area contributed by atoms with E-state index < -0.39 is 16.7 Å². The average Bonchev–Trinajstić information content (AvgIpc) is 2.58. The number of rotatable bonds is 6. The molecule has 0 aliphatic carbocycles. The van der Waals surface area contributed by atoms with E-state index in [1.807, 2.05) is 0 Å². The number of aromatic hydroxyl groups is 1. The maximum absolute atomic E-state index is 11.9. The van der Waals surface area contributed by atoms with Crippen molar-refractivity contribution in [3.8, 4) is 5.75 Å². The number of carbonyl (C=O) groups excluding carboxylic acids is 2. The number of amides is 2. The summed E-state index contributed by atoms with van der Waals surface area (Å²) < 4.78 is 0. The van der Waals surface area contributed by atoms with Crippen LogP contribution in [0.3, 0.4) is 0 Å². The highest BCUT2D eigenvalue weighted by atomic mass is 16.6. The summed E-state index contributed by atoms with van der Waals surface area (Å²) in [5.74, 6) is -0.968. The van der Waals surface area contributed by atoms with E-state index in [-0.39, 0.29) is 35.7 Å². The summed E-state index contributed by atoms with van der Waals surface area (Å²) in [6, 6.07) is 11.3. The molecule has 0 aliphatic rings. The second kappa shape index (κ2) is 7.73. The van der Waals surface area contributed by atoms with Gasteiger partial charge in [0.15, 0.2) is 0 Å². The molecule has 2 amide bonds. The van der Waals surface area contributed by atoms with Crippen LogP contribution in [0.25, 0.3) is 0 Å². The van der Waals surface area contributed by atoms with Crippen LogP contribution in [0, 0.1) is 10.1 Å². The predicted molar refractivity (Wildman–Crippen MR) is 85.9 cm³/mol. The summed E-state index contributed by atoms with van der Waals surface area (Å²) >= 11 is 0. The monoisotopic (exact) mass is 329 g/mol. The molecule has 3 N–H and O–H groups in total. The van der Waals surface area contributed by atoms with Crippen molar-refractivity contribution < 1.29 is 19.6 Å². The highest BCUT2D eigenvalue weighted by Crippen LogP contribution is 2.14. The molecule has 0 bridgehead atoms. The van der Waals surface area contributed by atoms with Gasteiger partial charge in [-0.15, -0.1) is 0 Å². The first-order valence-electron chi connectivity index (χ1n) is 7.08. The van der Waals surface area contributed by atoms with Crippen molar-refractivity contribution in [2.75, 3.05) is 13.1 Å². The van der Waals surface area contributed by atoms with E-state index in [4.69, 9.17) is 0 Å². The van der Waals surface area contributed by atoms with Gasteiger partial charge in [-0.3, -0.25) is 19.7 Å². The van der Waals surface area contributed by atoms with E-state index >= 15 is 0 Å². The van der Waals surface area contributed by atoms with Gasteiger partial charge < -0.3 is 15.7 Å². The number of nitro benzene ring substituents is 1. The van der Waals surface area contributed by atoms with Gasteiger partial charge in [0.1, 0.15) is 5.75 Å². The zero-order valence-electron chi connectivity index (χ0n) is 12.6. The van der Waals surface area contributed by atoms with Crippen LogP contribution in [-0.4, -0.2) is 34.9 Å². The van der Waals surface area contributed by atoms with Crippen LogP contribution in [0.4, 0.5) is 5.69 Å². The molecule has 0 unspecified atom stereocenters. The van der Waals surface area contributed by atoms with Crippen molar-refractivity contribution >= 4 is 17.5 Å². The van der Waals surface area contributed by atoms with Crippen LogP contribution in [0.2, 0.25) is 0 Å². The van der Waals surface area contributed by atoms with Crippen LogP contribution in [-0.2, 0) is 0 Å². The van der Waals surface area contributed by atoms with E-state index in [9.17, 15) is 24.8 Å². The van der Waals surface area contributed by atoms with Crippen LogP contribution in [0.1, 0.15) is 20.7 Å². The molecular formula is C16H15N3O5. The molecule has 0 atom stereocenters. The van der Waals surface area contributed by atoms with Crippen LogP contribution >= 0.6 is 0 Å². The molecule has 0 heterocycles. The summed E-state index contributed by atoms with van der Waals surface area (Å²) in [5, 5.41) is 25.3. The van der Waals surface area contributed by atoms with Gasteiger partial charge in [-0.05, 0) is 24.3 Å². The number of para-hydroxylation sites is 1. The first kappa shape index (κ1) is 16.9. The van der Waals surface area contributed by atoms with Gasteiger partial charge in [0.2, 0.25) is 0 Å². The predicted octanol–water partition coefficient (Wildman–Crippen LogP) is 1.46. The zero-order chi connectivity index (χ0) is 17.5. The molecule has 2 aromatic rings. The molecule has 8 nitrogen and oxygen atoms in total. The maximum atomic E-state index is 11.9. The minimum absolute atomic E-state index is 0.0958. The molecule has 0 radical (unpaired) electrons. The summed E-state index contributed by atoms with van der Waals surface area (Å²) in [7, 11) is 0. The van der Waals surface area contributed by atoms with Crippen LogP contribution in [0.5, 0.6) is 5.75 Å². The van der Waals surface area contributed by atoms with Gasteiger partial charge in [-0.1, -0.05) is 12.1 Å². The van der Waals surface area contributed by atoms with E-state index in [1.54, 1.807) is 12.1 Å². The number of hydrogen-bond acceptors (Lipinski definition) is 5. The van der Waals surface area contributed by atoms with E-state index in [0.717, 1.165) is 0 Å². The normalized spacial score (nSPS) is 10.0. The molecule has 24 heavy (non-hydrogen) atoms. The molecule has 124 valence electrons. The lowest BCUT2D eigenvalue weighted by Crippen LogP contribution is -2.34. The first-order chi connectivity index (χ1) is 11.5. The summed E-state index contributed by atoms with van der Waals surface area (Å²) in [4.78, 5) is 33.7. The molecule has 0 saturated carbocycles. The SMILES string of the molecule is O=C(NCCNC(=O)c1ccccc1O)c1ccc([N+](=O)[O-])cc1. The molecule has 0 spiro atoms. The standard InChI is InChI=1S/C16H15N3O5/c20-14-4-2-1-3-13(14)16(22)18-10-9-17-15(21)11-5-7-12(8-6-11)19(23)24/h1-8,20H,9-10H2,(H,17,21)(H,18,22). The third-order valence-corrected chi connectivity index (χ3v) is 3.19. The van der Waals surface area contributed by atoms with Crippen molar-refractivity contribution in [3.05, 3.63) is 69.8 Å². The number of phenolic OH excluding ortho intramolecular Hbond substituents is 1. The number of carbonyl (C=O) groups is 2. The first-order valence-corrected chi connectivity index (χ1v) is 7.08. The number of benzene rings is 2. The van der Waals surface area contributed by atoms with Gasteiger partial charge in [-0.2, -0.15) is 0 Å². The number of nitrogens with one attached hydrogen (secondary N) is 2. The Bertz CT molecular complexity index is 759. The molecule has 0 aromatic heterocycles. The topological polar surface area (TPSA) is 122 Å². The fourth-order valence-electron chi connectivity index (χ4n) is 1.95. The number of non-ortho nitro benzene ring substituents is 1. The summed E-state index contributed by atoms with van der Waals surface area (Å²) in [6.45, 7) is 0.348. The fraction of sp³-hybridized carbons (Fsp3) is 0.125. The molecular weight excluding hydrogens is 314 g/mol. The Hall–Kier alpha value is -3.42. The Morgan fingerprint density at radius 2 is 1.54 bits per heavy atom. The second-order valence-corrected chi connectivity index (χ2v) is 4.83. The van der Waals surface area contributed by atoms with Crippen LogP contribution in [0.15, 0.2) is 48.5 Å². The van der Waals surface area contributed by atoms with Gasteiger partial charge in [0.05, 0.1) is 10.5 Å². The smallest absolute Gasteiger partial charge is 0.269 e. The number of hydrogen-bond donors (Lipinski definition) is 3. The summed E-state index contributed by atoms with van der Waals surface area (Å²) in [5.41, 5.74) is 0.341. The van der Waals surface area contributed by atoms with Gasteiger partial charge in [-0.25, -0.2) is 0 Å². The quantitative estimate of drug-likeness (QED) is 0.421. The maximum Gasteiger partial charge on any atom is 0.269 e. The minimum atomic E-state index is -0.545. The Balaban J connectivity index is 1.79. The third-order valence-electron chi connectivity index (χ3n) is 3.19. The highest BCUT2D eigenvalue weighted by molar-refractivity contribution is 5.97. The van der Waals surface area contributed by atoms with E-state index in [0.29, 0.717) is 0 Å². The molecule has 0 fully saturated rings. The Labute approximate surface area is 137 Å². The molecule has 8 heteroatoms. The van der Waals surface area contributed by atoms with Crippen molar-refractivity contribution in [1.82, 2.24) is 10.6 Å². The Morgan fingerprint density at radius 3 is 2.12 bits per heavy atom. The van der Waals surface area contributed by atoms with Crippen molar-refractivity contribution in [2.45, 2.75) is 0 Å². The Morgan fingerprint density at radius 1 is 0.958 bits per heavy atom. The Kier molecular flexibility index (Phi) is 5.45. The average molecular weight is 329 g/mol. The number of phenols is 1. The second-order valence-electron chi connectivity index (χ2n) is 4.83. The molecule has 2 rings (SSSR count). The van der Waals surface area contributed by atoms with Crippen molar-refractivity contribution in [2.24, 2.45) is 0 Å².